The van der Waals surface area contributed by atoms with Gasteiger partial charge in [-0.1, -0.05) is 32.6 Å². The molecule has 0 aromatic carbocycles. The van der Waals surface area contributed by atoms with Crippen LogP contribution < -0.4 is 5.32 Å². The number of carbonyl (C=O) groups excluding carboxylic acids is 1. The van der Waals surface area contributed by atoms with Crippen LogP contribution >= 0.6 is 11.3 Å². The van der Waals surface area contributed by atoms with E-state index >= 15 is 0 Å². The molecule has 0 bridgehead atoms. The highest BCUT2D eigenvalue weighted by Crippen LogP contribution is 2.22. The molecule has 0 aliphatic heterocycles. The predicted molar refractivity (Wildman–Crippen MR) is 89.6 cm³/mol. The SMILES string of the molecule is C=CC(=O)NCc1nc(CCC(=C)C(C)C)c2ncsc2n1. The minimum Gasteiger partial charge on any atom is -0.345 e. The first-order chi connectivity index (χ1) is 10.5. The van der Waals surface area contributed by atoms with E-state index in [0.717, 1.165) is 28.9 Å². The van der Waals surface area contributed by atoms with E-state index in [-0.39, 0.29) is 12.5 Å². The maximum atomic E-state index is 11.3. The number of amides is 1. The van der Waals surface area contributed by atoms with Gasteiger partial charge in [-0.2, -0.15) is 0 Å². The Balaban J connectivity index is 2.19. The molecule has 5 nitrogen and oxygen atoms in total. The molecule has 0 saturated carbocycles. The Morgan fingerprint density at radius 3 is 2.91 bits per heavy atom. The van der Waals surface area contributed by atoms with Crippen LogP contribution in [-0.4, -0.2) is 20.9 Å². The number of thiazole rings is 1. The van der Waals surface area contributed by atoms with Crippen LogP contribution in [0.2, 0.25) is 0 Å². The second kappa shape index (κ2) is 7.26. The summed E-state index contributed by atoms with van der Waals surface area (Å²) in [5.74, 6) is 0.818. The van der Waals surface area contributed by atoms with E-state index in [2.05, 4.69) is 47.3 Å². The van der Waals surface area contributed by atoms with Crippen molar-refractivity contribution in [1.82, 2.24) is 20.3 Å². The van der Waals surface area contributed by atoms with Gasteiger partial charge in [0.05, 0.1) is 17.7 Å². The lowest BCUT2D eigenvalue weighted by molar-refractivity contribution is -0.116. The highest BCUT2D eigenvalue weighted by Gasteiger charge is 2.12. The lowest BCUT2D eigenvalue weighted by atomic mass is 9.99. The van der Waals surface area contributed by atoms with Crippen LogP contribution in [0.3, 0.4) is 0 Å². The average Bonchev–Trinajstić information content (AvgIpc) is 2.98. The number of carbonyl (C=O) groups is 1. The summed E-state index contributed by atoms with van der Waals surface area (Å²) in [6.45, 7) is 12.1. The van der Waals surface area contributed by atoms with Gasteiger partial charge in [0.2, 0.25) is 5.91 Å². The van der Waals surface area contributed by atoms with E-state index in [1.165, 1.54) is 23.0 Å². The van der Waals surface area contributed by atoms with Gasteiger partial charge in [-0.05, 0) is 24.8 Å². The van der Waals surface area contributed by atoms with Crippen molar-refractivity contribution in [2.75, 3.05) is 0 Å². The molecule has 1 N–H and O–H groups in total. The van der Waals surface area contributed by atoms with E-state index in [9.17, 15) is 4.79 Å². The molecule has 2 heterocycles. The number of rotatable bonds is 7. The Labute approximate surface area is 134 Å². The third-order valence-corrected chi connectivity index (χ3v) is 4.14. The lowest BCUT2D eigenvalue weighted by Crippen LogP contribution is -2.21. The van der Waals surface area contributed by atoms with Gasteiger partial charge in [-0.15, -0.1) is 11.3 Å². The number of nitrogens with zero attached hydrogens (tertiary/aromatic N) is 3. The molecule has 116 valence electrons. The zero-order valence-corrected chi connectivity index (χ0v) is 13.7. The molecule has 1 amide bonds. The summed E-state index contributed by atoms with van der Waals surface area (Å²) in [5, 5.41) is 2.70. The molecule has 22 heavy (non-hydrogen) atoms. The van der Waals surface area contributed by atoms with Crippen molar-refractivity contribution < 1.29 is 4.79 Å². The van der Waals surface area contributed by atoms with E-state index in [0.29, 0.717) is 11.7 Å². The van der Waals surface area contributed by atoms with Gasteiger partial charge in [0, 0.05) is 0 Å². The lowest BCUT2D eigenvalue weighted by Gasteiger charge is -2.10. The third-order valence-electron chi connectivity index (χ3n) is 3.42. The molecule has 0 aliphatic rings. The van der Waals surface area contributed by atoms with E-state index < -0.39 is 0 Å². The quantitative estimate of drug-likeness (QED) is 0.630. The van der Waals surface area contributed by atoms with Gasteiger partial charge in [0.25, 0.3) is 0 Å². The number of aromatic nitrogens is 3. The Bertz CT molecular complexity index is 705. The summed E-state index contributed by atoms with van der Waals surface area (Å²) in [5.41, 5.74) is 4.73. The fraction of sp³-hybridized carbons (Fsp3) is 0.375. The van der Waals surface area contributed by atoms with Gasteiger partial charge < -0.3 is 5.32 Å². The maximum Gasteiger partial charge on any atom is 0.243 e. The predicted octanol–water partition coefficient (Wildman–Crippen LogP) is 3.03. The van der Waals surface area contributed by atoms with Crippen LogP contribution in [0.15, 0.2) is 30.3 Å². The zero-order valence-electron chi connectivity index (χ0n) is 12.9. The second-order valence-electron chi connectivity index (χ2n) is 5.33. The van der Waals surface area contributed by atoms with Crippen molar-refractivity contribution >= 4 is 27.6 Å². The minimum absolute atomic E-state index is 0.234. The van der Waals surface area contributed by atoms with Crippen molar-refractivity contribution in [3.05, 3.63) is 41.8 Å². The molecule has 0 unspecified atom stereocenters. The highest BCUT2D eigenvalue weighted by atomic mass is 32.1. The van der Waals surface area contributed by atoms with Crippen LogP contribution in [0, 0.1) is 5.92 Å². The van der Waals surface area contributed by atoms with E-state index in [1.54, 1.807) is 5.51 Å². The Kier molecular flexibility index (Phi) is 5.38. The van der Waals surface area contributed by atoms with Crippen molar-refractivity contribution in [3.8, 4) is 0 Å². The largest absolute Gasteiger partial charge is 0.345 e. The summed E-state index contributed by atoms with van der Waals surface area (Å²) >= 11 is 1.48. The zero-order chi connectivity index (χ0) is 16.1. The fourth-order valence-corrected chi connectivity index (χ4v) is 2.63. The third kappa shape index (κ3) is 3.98. The van der Waals surface area contributed by atoms with E-state index in [4.69, 9.17) is 0 Å². The standard InChI is InChI=1S/C16H20N4OS/c1-5-14(21)17-8-13-19-12(7-6-11(4)10(2)3)15-16(20-13)22-9-18-15/h5,9-10H,1,4,6-8H2,2-3H3,(H,17,21). The number of fused-ring (bicyclic) bond motifs is 1. The number of nitrogens with one attached hydrogen (secondary N) is 1. The van der Waals surface area contributed by atoms with Crippen LogP contribution in [0.4, 0.5) is 0 Å². The van der Waals surface area contributed by atoms with Gasteiger partial charge in [-0.3, -0.25) is 4.79 Å². The number of hydrogen-bond acceptors (Lipinski definition) is 5. The normalized spacial score (nSPS) is 10.9. The first-order valence-electron chi connectivity index (χ1n) is 7.18. The monoisotopic (exact) mass is 316 g/mol. The van der Waals surface area contributed by atoms with Crippen molar-refractivity contribution in [2.24, 2.45) is 5.92 Å². The topological polar surface area (TPSA) is 67.8 Å². The molecule has 2 rings (SSSR count). The molecule has 0 fully saturated rings. The van der Waals surface area contributed by atoms with Crippen LogP contribution in [0.5, 0.6) is 0 Å². The summed E-state index contributed by atoms with van der Waals surface area (Å²) in [6, 6.07) is 0. The maximum absolute atomic E-state index is 11.3. The van der Waals surface area contributed by atoms with Crippen molar-refractivity contribution in [3.63, 3.8) is 0 Å². The summed E-state index contributed by atoms with van der Waals surface area (Å²) in [7, 11) is 0. The van der Waals surface area contributed by atoms with E-state index in [1.807, 2.05) is 0 Å². The van der Waals surface area contributed by atoms with Gasteiger partial charge in [0.1, 0.15) is 16.2 Å². The number of allylic oxidation sites excluding steroid dienone is 1. The van der Waals surface area contributed by atoms with Crippen molar-refractivity contribution in [1.29, 1.82) is 0 Å². The minimum atomic E-state index is -0.234. The number of hydrogen-bond donors (Lipinski definition) is 1. The highest BCUT2D eigenvalue weighted by molar-refractivity contribution is 7.16. The van der Waals surface area contributed by atoms with Gasteiger partial charge in [-0.25, -0.2) is 15.0 Å². The first kappa shape index (κ1) is 16.3. The molecular formula is C16H20N4OS. The second-order valence-corrected chi connectivity index (χ2v) is 6.16. The Hall–Kier alpha value is -2.08. The first-order valence-corrected chi connectivity index (χ1v) is 8.06. The molecule has 0 saturated heterocycles. The van der Waals surface area contributed by atoms with Gasteiger partial charge >= 0.3 is 0 Å². The molecule has 0 radical (unpaired) electrons. The number of aryl methyl sites for hydroxylation is 1. The molecule has 0 atom stereocenters. The smallest absolute Gasteiger partial charge is 0.243 e. The van der Waals surface area contributed by atoms with Crippen molar-refractivity contribution in [2.45, 2.75) is 33.2 Å². The molecule has 6 heteroatoms. The molecular weight excluding hydrogens is 296 g/mol. The Morgan fingerprint density at radius 2 is 2.23 bits per heavy atom. The summed E-state index contributed by atoms with van der Waals surface area (Å²) in [4.78, 5) is 25.5. The molecule has 0 aliphatic carbocycles. The average molecular weight is 316 g/mol. The van der Waals surface area contributed by atoms with Crippen LogP contribution in [0.25, 0.3) is 10.3 Å². The van der Waals surface area contributed by atoms with Gasteiger partial charge in [0.15, 0.2) is 0 Å². The molecule has 2 aromatic heterocycles. The summed E-state index contributed by atoms with van der Waals surface area (Å²) in [6.07, 6.45) is 2.89. The fourth-order valence-electron chi connectivity index (χ4n) is 1.93. The molecule has 0 spiro atoms. The summed E-state index contributed by atoms with van der Waals surface area (Å²) < 4.78 is 0. The van der Waals surface area contributed by atoms with Crippen LogP contribution in [-0.2, 0) is 17.8 Å². The van der Waals surface area contributed by atoms with Crippen LogP contribution in [0.1, 0.15) is 31.8 Å². The molecule has 2 aromatic rings. The Morgan fingerprint density at radius 1 is 1.45 bits per heavy atom.